The van der Waals surface area contributed by atoms with Crippen molar-refractivity contribution in [1.29, 1.82) is 0 Å². The van der Waals surface area contributed by atoms with E-state index in [2.05, 4.69) is 0 Å². The van der Waals surface area contributed by atoms with E-state index in [9.17, 15) is 10.1 Å². The SMILES string of the molecule is CN(C)C(=Cc1ccccc1)[N+](=O)[O-]. The first-order chi connectivity index (χ1) is 6.61. The molecule has 0 unspecified atom stereocenters. The van der Waals surface area contributed by atoms with Gasteiger partial charge in [-0.15, -0.1) is 0 Å². The lowest BCUT2D eigenvalue weighted by Gasteiger charge is -2.07. The van der Waals surface area contributed by atoms with Crippen LogP contribution in [0.5, 0.6) is 0 Å². The lowest BCUT2D eigenvalue weighted by Crippen LogP contribution is -2.17. The van der Waals surface area contributed by atoms with Crippen molar-refractivity contribution in [2.45, 2.75) is 0 Å². The molecule has 0 fully saturated rings. The summed E-state index contributed by atoms with van der Waals surface area (Å²) in [6.45, 7) is 0. The molecule has 1 aromatic rings. The number of benzene rings is 1. The van der Waals surface area contributed by atoms with Crippen molar-refractivity contribution in [2.24, 2.45) is 0 Å². The maximum absolute atomic E-state index is 10.6. The van der Waals surface area contributed by atoms with Crippen LogP contribution >= 0.6 is 0 Å². The fourth-order valence-corrected chi connectivity index (χ4v) is 1.04. The van der Waals surface area contributed by atoms with Crippen LogP contribution in [-0.4, -0.2) is 23.9 Å². The second-order valence-electron chi connectivity index (χ2n) is 3.06. The molecule has 0 spiro atoms. The average Bonchev–Trinajstić information content (AvgIpc) is 2.15. The highest BCUT2D eigenvalue weighted by Gasteiger charge is 2.10. The van der Waals surface area contributed by atoms with Gasteiger partial charge in [0.05, 0.1) is 14.1 Å². The minimum atomic E-state index is -0.396. The summed E-state index contributed by atoms with van der Waals surface area (Å²) in [6.07, 6.45) is 1.54. The van der Waals surface area contributed by atoms with Crippen LogP contribution in [0.2, 0.25) is 0 Å². The molecule has 0 radical (unpaired) electrons. The van der Waals surface area contributed by atoms with Gasteiger partial charge in [-0.2, -0.15) is 0 Å². The van der Waals surface area contributed by atoms with Crippen LogP contribution in [-0.2, 0) is 0 Å². The van der Waals surface area contributed by atoms with Crippen LogP contribution in [0.15, 0.2) is 36.2 Å². The Morgan fingerprint density at radius 3 is 2.36 bits per heavy atom. The standard InChI is InChI=1S/C10H12N2O2/c1-11(2)10(12(13)14)8-9-6-4-3-5-7-9/h3-8H,1-2H3. The molecule has 14 heavy (non-hydrogen) atoms. The highest BCUT2D eigenvalue weighted by atomic mass is 16.6. The summed E-state index contributed by atoms with van der Waals surface area (Å²) in [7, 11) is 3.30. The molecule has 0 saturated heterocycles. The van der Waals surface area contributed by atoms with Gasteiger partial charge in [0.25, 0.3) is 0 Å². The van der Waals surface area contributed by atoms with E-state index in [0.29, 0.717) is 0 Å². The highest BCUT2D eigenvalue weighted by molar-refractivity contribution is 5.50. The van der Waals surface area contributed by atoms with Gasteiger partial charge < -0.3 is 10.1 Å². The Morgan fingerprint density at radius 2 is 1.93 bits per heavy atom. The Morgan fingerprint density at radius 1 is 1.36 bits per heavy atom. The molecule has 0 bridgehead atoms. The number of hydrogen-bond donors (Lipinski definition) is 0. The van der Waals surface area contributed by atoms with Gasteiger partial charge in [-0.1, -0.05) is 30.3 Å². The topological polar surface area (TPSA) is 46.4 Å². The number of nitrogens with zero attached hydrogens (tertiary/aromatic N) is 2. The predicted octanol–water partition coefficient (Wildman–Crippen LogP) is 1.82. The Kier molecular flexibility index (Phi) is 3.23. The smallest absolute Gasteiger partial charge is 0.318 e. The molecule has 1 aromatic carbocycles. The van der Waals surface area contributed by atoms with E-state index in [1.165, 1.54) is 4.90 Å². The van der Waals surface area contributed by atoms with Gasteiger partial charge in [0.15, 0.2) is 0 Å². The highest BCUT2D eigenvalue weighted by Crippen LogP contribution is 2.08. The fourth-order valence-electron chi connectivity index (χ4n) is 1.04. The molecule has 0 heterocycles. The first-order valence-electron chi connectivity index (χ1n) is 4.19. The molecule has 4 nitrogen and oxygen atoms in total. The monoisotopic (exact) mass is 192 g/mol. The Balaban J connectivity index is 3.00. The van der Waals surface area contributed by atoms with Gasteiger partial charge in [0, 0.05) is 6.08 Å². The molecule has 1 rings (SSSR count). The van der Waals surface area contributed by atoms with Crippen molar-refractivity contribution in [3.63, 3.8) is 0 Å². The van der Waals surface area contributed by atoms with Crippen LogP contribution in [0.25, 0.3) is 6.08 Å². The van der Waals surface area contributed by atoms with E-state index in [1.54, 1.807) is 20.2 Å². The minimum Gasteiger partial charge on any atom is -0.358 e. The average molecular weight is 192 g/mol. The fraction of sp³-hybridized carbons (Fsp3) is 0.200. The first-order valence-corrected chi connectivity index (χ1v) is 4.19. The van der Waals surface area contributed by atoms with Gasteiger partial charge in [-0.25, -0.2) is 0 Å². The van der Waals surface area contributed by atoms with Crippen LogP contribution < -0.4 is 0 Å². The van der Waals surface area contributed by atoms with Crippen molar-refractivity contribution in [3.05, 3.63) is 51.8 Å². The summed E-state index contributed by atoms with van der Waals surface area (Å²) in [6, 6.07) is 9.22. The summed E-state index contributed by atoms with van der Waals surface area (Å²) in [4.78, 5) is 11.7. The van der Waals surface area contributed by atoms with Gasteiger partial charge >= 0.3 is 5.82 Å². The number of hydrogen-bond acceptors (Lipinski definition) is 3. The Labute approximate surface area is 82.6 Å². The van der Waals surface area contributed by atoms with E-state index in [-0.39, 0.29) is 5.82 Å². The summed E-state index contributed by atoms with van der Waals surface area (Å²) >= 11 is 0. The van der Waals surface area contributed by atoms with Gasteiger partial charge in [-0.05, 0) is 10.5 Å². The number of rotatable bonds is 3. The van der Waals surface area contributed by atoms with Crippen molar-refractivity contribution >= 4 is 6.08 Å². The molecular weight excluding hydrogens is 180 g/mol. The van der Waals surface area contributed by atoms with Crippen molar-refractivity contribution in [3.8, 4) is 0 Å². The summed E-state index contributed by atoms with van der Waals surface area (Å²) in [5.41, 5.74) is 0.827. The van der Waals surface area contributed by atoms with Gasteiger partial charge in [0.2, 0.25) is 0 Å². The van der Waals surface area contributed by atoms with Gasteiger partial charge in [-0.3, -0.25) is 4.90 Å². The maximum atomic E-state index is 10.6. The van der Waals surface area contributed by atoms with Gasteiger partial charge in [0.1, 0.15) is 0 Å². The van der Waals surface area contributed by atoms with E-state index in [1.807, 2.05) is 30.3 Å². The second kappa shape index (κ2) is 4.41. The molecule has 74 valence electrons. The third-order valence-electron chi connectivity index (χ3n) is 1.74. The van der Waals surface area contributed by atoms with Crippen LogP contribution in [0.4, 0.5) is 0 Å². The summed E-state index contributed by atoms with van der Waals surface area (Å²) in [5.74, 6) is 0.0798. The number of nitro groups is 1. The third-order valence-corrected chi connectivity index (χ3v) is 1.74. The second-order valence-corrected chi connectivity index (χ2v) is 3.06. The zero-order valence-corrected chi connectivity index (χ0v) is 8.18. The van der Waals surface area contributed by atoms with E-state index >= 15 is 0 Å². The van der Waals surface area contributed by atoms with Crippen molar-refractivity contribution in [1.82, 2.24) is 4.90 Å². The van der Waals surface area contributed by atoms with Crippen LogP contribution in [0, 0.1) is 10.1 Å². The summed E-state index contributed by atoms with van der Waals surface area (Å²) in [5, 5.41) is 10.6. The first kappa shape index (κ1) is 10.2. The molecule has 0 N–H and O–H groups in total. The Bertz CT molecular complexity index is 344. The minimum absolute atomic E-state index is 0.0798. The lowest BCUT2D eigenvalue weighted by atomic mass is 10.2. The molecule has 0 aliphatic rings. The molecule has 0 aromatic heterocycles. The van der Waals surface area contributed by atoms with E-state index in [4.69, 9.17) is 0 Å². The predicted molar refractivity (Wildman–Crippen MR) is 55.1 cm³/mol. The zero-order valence-electron chi connectivity index (χ0n) is 8.18. The molecule has 0 atom stereocenters. The van der Waals surface area contributed by atoms with Crippen molar-refractivity contribution < 1.29 is 4.92 Å². The molecule has 0 saturated carbocycles. The Hall–Kier alpha value is -1.84. The van der Waals surface area contributed by atoms with Crippen LogP contribution in [0.1, 0.15) is 5.56 Å². The largest absolute Gasteiger partial charge is 0.358 e. The molecular formula is C10H12N2O2. The third kappa shape index (κ3) is 2.58. The molecule has 0 amide bonds. The zero-order chi connectivity index (χ0) is 10.6. The van der Waals surface area contributed by atoms with Crippen LogP contribution in [0.3, 0.4) is 0 Å². The molecule has 4 heteroatoms. The van der Waals surface area contributed by atoms with Crippen molar-refractivity contribution in [2.75, 3.05) is 14.1 Å². The normalized spacial score (nSPS) is 11.1. The van der Waals surface area contributed by atoms with E-state index in [0.717, 1.165) is 5.56 Å². The molecule has 0 aliphatic carbocycles. The maximum Gasteiger partial charge on any atom is 0.318 e. The quantitative estimate of drug-likeness (QED) is 0.542. The van der Waals surface area contributed by atoms with E-state index < -0.39 is 4.92 Å². The summed E-state index contributed by atoms with van der Waals surface area (Å²) < 4.78 is 0. The lowest BCUT2D eigenvalue weighted by molar-refractivity contribution is -0.442. The molecule has 0 aliphatic heterocycles.